The molecule has 0 saturated heterocycles. The maximum absolute atomic E-state index is 12.3. The molecule has 1 aliphatic rings. The maximum atomic E-state index is 12.3. The first-order valence-electron chi connectivity index (χ1n) is 8.78. The molecule has 1 aliphatic carbocycles. The van der Waals surface area contributed by atoms with Crippen LogP contribution in [-0.2, 0) is 10.2 Å². The van der Waals surface area contributed by atoms with E-state index in [4.69, 9.17) is 0 Å². The smallest absolute Gasteiger partial charge is 0.134 e. The zero-order valence-electron chi connectivity index (χ0n) is 14.2. The van der Waals surface area contributed by atoms with Crippen LogP contribution >= 0.6 is 0 Å². The minimum Gasteiger partial charge on any atom is -0.361 e. The summed E-state index contributed by atoms with van der Waals surface area (Å²) in [4.78, 5) is 18.9. The standard InChI is InChI=1S/C23H18N2O/c26-15-23(20-14-25-22-10-4-2-8-18(20)22)11-5-6-16(12-23)19-13-24-21-9-3-1-7-17(19)21/h1-11,13-15,24-25H,12H2. The molecule has 3 heteroatoms. The summed E-state index contributed by atoms with van der Waals surface area (Å²) in [6, 6.07) is 16.4. The van der Waals surface area contributed by atoms with Gasteiger partial charge in [-0.15, -0.1) is 0 Å². The first kappa shape index (κ1) is 15.0. The lowest BCUT2D eigenvalue weighted by atomic mass is 9.73. The summed E-state index contributed by atoms with van der Waals surface area (Å²) in [6.45, 7) is 0. The topological polar surface area (TPSA) is 48.6 Å². The van der Waals surface area contributed by atoms with Crippen molar-refractivity contribution in [1.29, 1.82) is 0 Å². The van der Waals surface area contributed by atoms with E-state index in [9.17, 15) is 4.79 Å². The fraction of sp³-hybridized carbons (Fsp3) is 0.0870. The average Bonchev–Trinajstić information content (AvgIpc) is 3.32. The predicted octanol–water partition coefficient (Wildman–Crippen LogP) is 5.13. The lowest BCUT2D eigenvalue weighted by Gasteiger charge is -2.28. The van der Waals surface area contributed by atoms with Crippen molar-refractivity contribution in [3.8, 4) is 0 Å². The number of aromatic nitrogens is 2. The number of hydrogen-bond acceptors (Lipinski definition) is 1. The van der Waals surface area contributed by atoms with Crippen molar-refractivity contribution < 1.29 is 4.79 Å². The van der Waals surface area contributed by atoms with Gasteiger partial charge in [-0.25, -0.2) is 0 Å². The summed E-state index contributed by atoms with van der Waals surface area (Å²) >= 11 is 0. The van der Waals surface area contributed by atoms with Crippen molar-refractivity contribution in [3.05, 3.63) is 90.3 Å². The molecule has 3 nitrogen and oxygen atoms in total. The van der Waals surface area contributed by atoms with Gasteiger partial charge in [0.25, 0.3) is 0 Å². The molecule has 4 aromatic rings. The van der Waals surface area contributed by atoms with Crippen LogP contribution < -0.4 is 0 Å². The van der Waals surface area contributed by atoms with Crippen molar-refractivity contribution in [2.45, 2.75) is 11.8 Å². The minimum absolute atomic E-state index is 0.649. The van der Waals surface area contributed by atoms with E-state index in [1.165, 1.54) is 11.0 Å². The Bertz CT molecular complexity index is 1190. The van der Waals surface area contributed by atoms with Crippen molar-refractivity contribution >= 4 is 33.7 Å². The Kier molecular flexibility index (Phi) is 3.22. The fourth-order valence-electron chi connectivity index (χ4n) is 4.08. The number of aldehydes is 1. The van der Waals surface area contributed by atoms with E-state index in [1.54, 1.807) is 0 Å². The van der Waals surface area contributed by atoms with E-state index < -0.39 is 5.41 Å². The van der Waals surface area contributed by atoms with Gasteiger partial charge in [-0.05, 0) is 29.7 Å². The summed E-state index contributed by atoms with van der Waals surface area (Å²) < 4.78 is 0. The SMILES string of the molecule is O=CC1(c2c[nH]c3ccccc23)C=CC=C(c2c[nH]c3ccccc23)C1. The lowest BCUT2D eigenvalue weighted by molar-refractivity contribution is -0.111. The average molecular weight is 338 g/mol. The molecule has 0 aliphatic heterocycles. The quantitative estimate of drug-likeness (QED) is 0.500. The third kappa shape index (κ3) is 2.10. The predicted molar refractivity (Wildman–Crippen MR) is 106 cm³/mol. The van der Waals surface area contributed by atoms with Gasteiger partial charge >= 0.3 is 0 Å². The van der Waals surface area contributed by atoms with Gasteiger partial charge in [0.1, 0.15) is 6.29 Å². The van der Waals surface area contributed by atoms with Gasteiger partial charge in [-0.1, -0.05) is 54.6 Å². The second-order valence-corrected chi connectivity index (χ2v) is 6.88. The van der Waals surface area contributed by atoms with E-state index in [0.717, 1.165) is 33.8 Å². The van der Waals surface area contributed by atoms with E-state index in [1.807, 2.05) is 54.9 Å². The largest absolute Gasteiger partial charge is 0.361 e. The molecule has 2 N–H and O–H groups in total. The number of aromatic amines is 2. The molecule has 0 bridgehead atoms. The van der Waals surface area contributed by atoms with Crippen LogP contribution in [0, 0.1) is 0 Å². The number of fused-ring (bicyclic) bond motifs is 2. The molecule has 0 saturated carbocycles. The van der Waals surface area contributed by atoms with Crippen LogP contribution in [-0.4, -0.2) is 16.3 Å². The Hall–Kier alpha value is -3.33. The van der Waals surface area contributed by atoms with E-state index in [0.29, 0.717) is 6.42 Å². The summed E-state index contributed by atoms with van der Waals surface area (Å²) in [5.41, 5.74) is 4.88. The Morgan fingerprint density at radius 3 is 2.38 bits per heavy atom. The fourth-order valence-corrected chi connectivity index (χ4v) is 4.08. The number of para-hydroxylation sites is 2. The van der Waals surface area contributed by atoms with Crippen LogP contribution in [0.3, 0.4) is 0 Å². The Balaban J connectivity index is 1.64. The van der Waals surface area contributed by atoms with E-state index in [-0.39, 0.29) is 0 Å². The molecule has 126 valence electrons. The molecule has 0 fully saturated rings. The highest BCUT2D eigenvalue weighted by Gasteiger charge is 2.34. The second-order valence-electron chi connectivity index (χ2n) is 6.88. The minimum atomic E-state index is -0.651. The van der Waals surface area contributed by atoms with Crippen molar-refractivity contribution in [2.24, 2.45) is 0 Å². The Morgan fingerprint density at radius 2 is 1.58 bits per heavy atom. The van der Waals surface area contributed by atoms with Crippen LogP contribution in [0.5, 0.6) is 0 Å². The number of rotatable bonds is 3. The van der Waals surface area contributed by atoms with Gasteiger partial charge in [-0.3, -0.25) is 0 Å². The highest BCUT2D eigenvalue weighted by atomic mass is 16.1. The van der Waals surface area contributed by atoms with Gasteiger partial charge < -0.3 is 14.8 Å². The van der Waals surface area contributed by atoms with Crippen molar-refractivity contribution in [2.75, 3.05) is 0 Å². The Labute approximate surface area is 151 Å². The maximum Gasteiger partial charge on any atom is 0.134 e. The van der Waals surface area contributed by atoms with E-state index in [2.05, 4.69) is 34.2 Å². The molecule has 5 rings (SSSR count). The third-order valence-electron chi connectivity index (χ3n) is 5.41. The van der Waals surface area contributed by atoms with Crippen LogP contribution in [0.2, 0.25) is 0 Å². The molecule has 0 radical (unpaired) electrons. The molecule has 1 unspecified atom stereocenters. The van der Waals surface area contributed by atoms with Crippen LogP contribution in [0.1, 0.15) is 17.5 Å². The molecular formula is C23H18N2O. The zero-order valence-corrected chi connectivity index (χ0v) is 14.2. The number of allylic oxidation sites excluding steroid dienone is 4. The van der Waals surface area contributed by atoms with Crippen LogP contribution in [0.15, 0.2) is 79.2 Å². The molecule has 26 heavy (non-hydrogen) atoms. The molecule has 1 atom stereocenters. The number of nitrogens with one attached hydrogen (secondary N) is 2. The molecule has 0 spiro atoms. The Morgan fingerprint density at radius 1 is 0.885 bits per heavy atom. The summed E-state index contributed by atoms with van der Waals surface area (Å²) in [6.07, 6.45) is 11.9. The van der Waals surface area contributed by atoms with Crippen molar-refractivity contribution in [3.63, 3.8) is 0 Å². The third-order valence-corrected chi connectivity index (χ3v) is 5.41. The summed E-state index contributed by atoms with van der Waals surface area (Å²) in [7, 11) is 0. The lowest BCUT2D eigenvalue weighted by Crippen LogP contribution is -2.27. The van der Waals surface area contributed by atoms with Crippen LogP contribution in [0.25, 0.3) is 27.4 Å². The summed E-state index contributed by atoms with van der Waals surface area (Å²) in [5.74, 6) is 0. The van der Waals surface area contributed by atoms with Gasteiger partial charge in [0, 0.05) is 39.8 Å². The summed E-state index contributed by atoms with van der Waals surface area (Å²) in [5, 5.41) is 2.29. The second kappa shape index (κ2) is 5.60. The van der Waals surface area contributed by atoms with Gasteiger partial charge in [-0.2, -0.15) is 0 Å². The number of H-pyrrole nitrogens is 2. The molecule has 2 aromatic heterocycles. The molecule has 0 amide bonds. The number of hydrogen-bond donors (Lipinski definition) is 2. The highest BCUT2D eigenvalue weighted by Crippen LogP contribution is 2.42. The monoisotopic (exact) mass is 338 g/mol. The number of benzene rings is 2. The number of carbonyl (C=O) groups is 1. The van der Waals surface area contributed by atoms with Gasteiger partial charge in [0.2, 0.25) is 0 Å². The van der Waals surface area contributed by atoms with Crippen molar-refractivity contribution in [1.82, 2.24) is 9.97 Å². The highest BCUT2D eigenvalue weighted by molar-refractivity contribution is 5.96. The van der Waals surface area contributed by atoms with Gasteiger partial charge in [0.05, 0.1) is 5.41 Å². The molecule has 2 aromatic carbocycles. The molecule has 2 heterocycles. The molecular weight excluding hydrogens is 320 g/mol. The zero-order chi connectivity index (χ0) is 17.6. The van der Waals surface area contributed by atoms with E-state index >= 15 is 0 Å². The normalized spacial score (nSPS) is 19.8. The first-order chi connectivity index (χ1) is 12.8. The number of carbonyl (C=O) groups excluding carboxylic acids is 1. The first-order valence-corrected chi connectivity index (χ1v) is 8.78. The van der Waals surface area contributed by atoms with Crippen LogP contribution in [0.4, 0.5) is 0 Å². The van der Waals surface area contributed by atoms with Gasteiger partial charge in [0.15, 0.2) is 0 Å².